The monoisotopic (exact) mass is 369 g/mol. The molecule has 0 unspecified atom stereocenters. The molecule has 0 spiro atoms. The zero-order valence-corrected chi connectivity index (χ0v) is 14.8. The fourth-order valence-electron chi connectivity index (χ4n) is 2.81. The van der Waals surface area contributed by atoms with E-state index in [1.54, 1.807) is 35.2 Å². The van der Waals surface area contributed by atoms with Gasteiger partial charge in [0.25, 0.3) is 5.91 Å². The molecule has 3 rings (SSSR count). The van der Waals surface area contributed by atoms with Gasteiger partial charge in [0, 0.05) is 37.4 Å². The molecule has 27 heavy (non-hydrogen) atoms. The number of furan rings is 1. The minimum atomic E-state index is -0.776. The molecular formula is C19H19N3O5. The summed E-state index contributed by atoms with van der Waals surface area (Å²) in [6.45, 7) is 2.57. The first-order valence-corrected chi connectivity index (χ1v) is 8.50. The van der Waals surface area contributed by atoms with Crippen molar-refractivity contribution >= 4 is 29.2 Å². The van der Waals surface area contributed by atoms with Crippen LogP contribution in [0.3, 0.4) is 0 Å². The number of piperazine rings is 1. The van der Waals surface area contributed by atoms with Crippen LogP contribution in [0.4, 0.5) is 5.69 Å². The molecule has 2 aromatic rings. The molecule has 8 nitrogen and oxygen atoms in total. The minimum absolute atomic E-state index is 0.130. The van der Waals surface area contributed by atoms with Crippen molar-refractivity contribution in [3.05, 3.63) is 54.0 Å². The average Bonchev–Trinajstić information content (AvgIpc) is 3.22. The highest BCUT2D eigenvalue weighted by atomic mass is 16.3. The lowest BCUT2D eigenvalue weighted by Gasteiger charge is -2.33. The molecule has 8 heteroatoms. The second kappa shape index (κ2) is 7.86. The Morgan fingerprint density at radius 1 is 0.963 bits per heavy atom. The molecule has 1 N–H and O–H groups in total. The standard InChI is InChI=1S/C19H19N3O5/c1-13(23)14-4-2-5-15(12-14)20-17(24)19(26)22-9-7-21(8-10-22)18(25)16-6-3-11-27-16/h2-6,11-12H,7-10H2,1H3,(H,20,24). The van der Waals surface area contributed by atoms with E-state index in [-0.39, 0.29) is 30.5 Å². The largest absolute Gasteiger partial charge is 0.459 e. The van der Waals surface area contributed by atoms with Crippen molar-refractivity contribution in [3.8, 4) is 0 Å². The SMILES string of the molecule is CC(=O)c1cccc(NC(=O)C(=O)N2CCN(C(=O)c3ccco3)CC2)c1. The van der Waals surface area contributed by atoms with Gasteiger partial charge in [0.05, 0.1) is 6.26 Å². The maximum absolute atomic E-state index is 12.4. The predicted octanol–water partition coefficient (Wildman–Crippen LogP) is 1.41. The first kappa shape index (κ1) is 18.4. The summed E-state index contributed by atoms with van der Waals surface area (Å²) in [5.41, 5.74) is 0.831. The Labute approximate surface area is 155 Å². The molecule has 0 saturated carbocycles. The van der Waals surface area contributed by atoms with E-state index in [1.165, 1.54) is 24.2 Å². The van der Waals surface area contributed by atoms with Crippen LogP contribution in [0.25, 0.3) is 0 Å². The summed E-state index contributed by atoms with van der Waals surface area (Å²) in [5.74, 6) is -1.57. The van der Waals surface area contributed by atoms with Gasteiger partial charge in [0.2, 0.25) is 0 Å². The highest BCUT2D eigenvalue weighted by molar-refractivity contribution is 6.39. The second-order valence-electron chi connectivity index (χ2n) is 6.15. The van der Waals surface area contributed by atoms with Crippen LogP contribution in [0.1, 0.15) is 27.8 Å². The van der Waals surface area contributed by atoms with E-state index in [4.69, 9.17) is 4.42 Å². The van der Waals surface area contributed by atoms with E-state index in [2.05, 4.69) is 5.32 Å². The van der Waals surface area contributed by atoms with E-state index in [9.17, 15) is 19.2 Å². The van der Waals surface area contributed by atoms with Crippen LogP contribution in [0.2, 0.25) is 0 Å². The number of Topliss-reactive ketones (excluding diaryl/α,β-unsaturated/α-hetero) is 1. The number of amides is 3. The van der Waals surface area contributed by atoms with Gasteiger partial charge in [-0.25, -0.2) is 0 Å². The molecular weight excluding hydrogens is 350 g/mol. The number of hydrogen-bond acceptors (Lipinski definition) is 5. The van der Waals surface area contributed by atoms with E-state index in [0.29, 0.717) is 24.3 Å². The smallest absolute Gasteiger partial charge is 0.313 e. The first-order chi connectivity index (χ1) is 13.0. The van der Waals surface area contributed by atoms with E-state index in [0.717, 1.165) is 0 Å². The van der Waals surface area contributed by atoms with Crippen molar-refractivity contribution in [2.45, 2.75) is 6.92 Å². The number of carbonyl (C=O) groups excluding carboxylic acids is 4. The fourth-order valence-corrected chi connectivity index (χ4v) is 2.81. The average molecular weight is 369 g/mol. The van der Waals surface area contributed by atoms with Crippen molar-refractivity contribution in [1.82, 2.24) is 9.80 Å². The van der Waals surface area contributed by atoms with Crippen molar-refractivity contribution < 1.29 is 23.6 Å². The van der Waals surface area contributed by atoms with Crippen LogP contribution < -0.4 is 5.32 Å². The van der Waals surface area contributed by atoms with Crippen LogP contribution in [-0.4, -0.2) is 59.5 Å². The number of nitrogens with one attached hydrogen (secondary N) is 1. The summed E-state index contributed by atoms with van der Waals surface area (Å²) in [4.78, 5) is 51.2. The van der Waals surface area contributed by atoms with Crippen LogP contribution >= 0.6 is 0 Å². The maximum Gasteiger partial charge on any atom is 0.313 e. The van der Waals surface area contributed by atoms with Crippen LogP contribution in [0.15, 0.2) is 47.1 Å². The van der Waals surface area contributed by atoms with Gasteiger partial charge in [-0.1, -0.05) is 12.1 Å². The lowest BCUT2D eigenvalue weighted by molar-refractivity contribution is -0.144. The Balaban J connectivity index is 1.56. The number of rotatable bonds is 3. The molecule has 0 bridgehead atoms. The van der Waals surface area contributed by atoms with Gasteiger partial charge in [-0.3, -0.25) is 19.2 Å². The fraction of sp³-hybridized carbons (Fsp3) is 0.263. The Hall–Kier alpha value is -3.42. The number of anilines is 1. The molecule has 1 aromatic heterocycles. The van der Waals surface area contributed by atoms with Crippen LogP contribution in [-0.2, 0) is 9.59 Å². The van der Waals surface area contributed by atoms with Crippen molar-refractivity contribution in [2.75, 3.05) is 31.5 Å². The zero-order valence-electron chi connectivity index (χ0n) is 14.8. The molecule has 0 atom stereocenters. The Kier molecular flexibility index (Phi) is 5.35. The Morgan fingerprint density at radius 2 is 1.67 bits per heavy atom. The summed E-state index contributed by atoms with van der Waals surface area (Å²) >= 11 is 0. The molecule has 3 amide bonds. The predicted molar refractivity (Wildman–Crippen MR) is 96.3 cm³/mol. The van der Waals surface area contributed by atoms with Crippen LogP contribution in [0, 0.1) is 0 Å². The number of carbonyl (C=O) groups is 4. The van der Waals surface area contributed by atoms with Gasteiger partial charge in [0.15, 0.2) is 11.5 Å². The third-order valence-corrected chi connectivity index (χ3v) is 4.31. The summed E-state index contributed by atoms with van der Waals surface area (Å²) in [6, 6.07) is 9.62. The highest BCUT2D eigenvalue weighted by Gasteiger charge is 2.29. The number of ketones is 1. The molecule has 1 aromatic carbocycles. The number of benzene rings is 1. The summed E-state index contributed by atoms with van der Waals surface area (Å²) in [5, 5.41) is 2.51. The van der Waals surface area contributed by atoms with Gasteiger partial charge in [0.1, 0.15) is 0 Å². The molecule has 1 fully saturated rings. The molecule has 2 heterocycles. The maximum atomic E-state index is 12.4. The van der Waals surface area contributed by atoms with Gasteiger partial charge in [-0.15, -0.1) is 0 Å². The molecule has 140 valence electrons. The summed E-state index contributed by atoms with van der Waals surface area (Å²) < 4.78 is 5.09. The summed E-state index contributed by atoms with van der Waals surface area (Å²) in [7, 11) is 0. The van der Waals surface area contributed by atoms with Crippen molar-refractivity contribution in [1.29, 1.82) is 0 Å². The number of hydrogen-bond donors (Lipinski definition) is 1. The third kappa shape index (κ3) is 4.22. The molecule has 1 saturated heterocycles. The second-order valence-corrected chi connectivity index (χ2v) is 6.15. The zero-order chi connectivity index (χ0) is 19.4. The molecule has 0 radical (unpaired) electrons. The van der Waals surface area contributed by atoms with Gasteiger partial charge in [-0.2, -0.15) is 0 Å². The van der Waals surface area contributed by atoms with E-state index < -0.39 is 11.8 Å². The highest BCUT2D eigenvalue weighted by Crippen LogP contribution is 2.13. The van der Waals surface area contributed by atoms with Crippen molar-refractivity contribution in [3.63, 3.8) is 0 Å². The van der Waals surface area contributed by atoms with E-state index >= 15 is 0 Å². The summed E-state index contributed by atoms with van der Waals surface area (Å²) in [6.07, 6.45) is 1.43. The van der Waals surface area contributed by atoms with E-state index in [1.807, 2.05) is 0 Å². The lowest BCUT2D eigenvalue weighted by atomic mass is 10.1. The molecule has 0 aliphatic carbocycles. The molecule has 1 aliphatic heterocycles. The Morgan fingerprint density at radius 3 is 2.30 bits per heavy atom. The van der Waals surface area contributed by atoms with Crippen molar-refractivity contribution in [2.24, 2.45) is 0 Å². The Bertz CT molecular complexity index is 867. The number of nitrogens with zero attached hydrogens (tertiary/aromatic N) is 2. The third-order valence-electron chi connectivity index (χ3n) is 4.31. The first-order valence-electron chi connectivity index (χ1n) is 8.50. The van der Waals surface area contributed by atoms with Gasteiger partial charge >= 0.3 is 11.8 Å². The van der Waals surface area contributed by atoms with Crippen LogP contribution in [0.5, 0.6) is 0 Å². The minimum Gasteiger partial charge on any atom is -0.459 e. The van der Waals surface area contributed by atoms with Gasteiger partial charge < -0.3 is 19.5 Å². The topological polar surface area (TPSA) is 99.9 Å². The molecule has 1 aliphatic rings. The van der Waals surface area contributed by atoms with Gasteiger partial charge in [-0.05, 0) is 31.2 Å². The lowest BCUT2D eigenvalue weighted by Crippen LogP contribution is -2.52. The normalized spacial score (nSPS) is 14.0. The quantitative estimate of drug-likeness (QED) is 0.651.